The molecule has 236 valence electrons. The molecule has 0 aliphatic carbocycles. The lowest BCUT2D eigenvalue weighted by atomic mass is 10.0. The lowest BCUT2D eigenvalue weighted by Crippen LogP contribution is -2.53. The third kappa shape index (κ3) is 14.2. The lowest BCUT2D eigenvalue weighted by molar-refractivity contribution is -0.920. The molecule has 0 heterocycles. The average molecular weight is 581 g/mol. The lowest BCUT2D eigenvalue weighted by Gasteiger charge is -2.37. The summed E-state index contributed by atoms with van der Waals surface area (Å²) in [6.45, 7) is 7.31. The molecular weight excluding hydrogens is 518 g/mol. The van der Waals surface area contributed by atoms with Crippen LogP contribution in [0, 0.1) is 0 Å². The van der Waals surface area contributed by atoms with E-state index in [4.69, 9.17) is 9.47 Å². The van der Waals surface area contributed by atoms with Crippen LogP contribution in [0.1, 0.15) is 135 Å². The van der Waals surface area contributed by atoms with Gasteiger partial charge in [-0.2, -0.15) is 0 Å². The quantitative estimate of drug-likeness (QED) is 0.0536. The number of carbonyl (C=O) groups excluding carboxylic acids is 1. The van der Waals surface area contributed by atoms with Crippen molar-refractivity contribution in [1.82, 2.24) is 0 Å². The molecule has 42 heavy (non-hydrogen) atoms. The number of rotatable bonds is 24. The number of hydrogen-bond donors (Lipinski definition) is 0. The molecule has 0 N–H and O–H groups in total. The van der Waals surface area contributed by atoms with E-state index in [-0.39, 0.29) is 12.0 Å². The van der Waals surface area contributed by atoms with Crippen LogP contribution in [0.5, 0.6) is 5.75 Å². The van der Waals surface area contributed by atoms with Crippen LogP contribution < -0.4 is 4.74 Å². The normalized spacial score (nSPS) is 13.1. The molecule has 0 aliphatic heterocycles. The summed E-state index contributed by atoms with van der Waals surface area (Å²) >= 11 is 0. The highest BCUT2D eigenvalue weighted by Gasteiger charge is 2.37. The van der Waals surface area contributed by atoms with Gasteiger partial charge < -0.3 is 14.0 Å². The Kier molecular flexibility index (Phi) is 18.3. The summed E-state index contributed by atoms with van der Waals surface area (Å²) in [5.74, 6) is 0.701. The highest BCUT2D eigenvalue weighted by molar-refractivity contribution is 5.74. The zero-order valence-electron chi connectivity index (χ0n) is 27.8. The molecule has 0 saturated heterocycles. The van der Waals surface area contributed by atoms with Crippen molar-refractivity contribution in [2.24, 2.45) is 0 Å². The topological polar surface area (TPSA) is 35.5 Å². The van der Waals surface area contributed by atoms with Crippen molar-refractivity contribution in [1.29, 1.82) is 0 Å². The predicted molar refractivity (Wildman–Crippen MR) is 178 cm³/mol. The van der Waals surface area contributed by atoms with Gasteiger partial charge >= 0.3 is 5.97 Å². The number of hydrogen-bond acceptors (Lipinski definition) is 3. The molecule has 0 spiro atoms. The molecule has 2 aromatic rings. The molecular formula is C38H62NO3+. The minimum absolute atomic E-state index is 0.158. The summed E-state index contributed by atoms with van der Waals surface area (Å²) in [6.07, 6.45) is 19.9. The Morgan fingerprint density at radius 3 is 1.81 bits per heavy atom. The standard InChI is InChI=1S/C38H62NO3/c1-6-9-10-11-12-13-14-15-16-17-18-22-29-34-30-23-24-31-36(34)41-37(26-8-3)42-38(40)35(25-7-2)39(4,5)32-33-27-20-19-21-28-33/h19-21,23-24,27-28,30-31,35,37H,6-18,22,25-26,29,32H2,1-5H3/q+1. The second kappa shape index (κ2) is 21.4. The van der Waals surface area contributed by atoms with E-state index < -0.39 is 6.29 Å². The Bertz CT molecular complexity index is 958. The summed E-state index contributed by atoms with van der Waals surface area (Å²) in [5.41, 5.74) is 2.44. The number of esters is 1. The van der Waals surface area contributed by atoms with Crippen molar-refractivity contribution in [3.05, 3.63) is 65.7 Å². The molecule has 0 fully saturated rings. The van der Waals surface area contributed by atoms with Gasteiger partial charge in [0.25, 0.3) is 0 Å². The smallest absolute Gasteiger partial charge is 0.368 e. The SMILES string of the molecule is CCCCCCCCCCCCCCc1ccccc1OC(CCC)OC(=O)C(CCC)[N+](C)(C)Cc1ccccc1. The van der Waals surface area contributed by atoms with Crippen molar-refractivity contribution in [2.75, 3.05) is 14.1 Å². The van der Waals surface area contributed by atoms with Crippen molar-refractivity contribution in [2.45, 2.75) is 149 Å². The molecule has 4 nitrogen and oxygen atoms in total. The van der Waals surface area contributed by atoms with E-state index in [0.29, 0.717) is 10.9 Å². The van der Waals surface area contributed by atoms with E-state index >= 15 is 0 Å². The molecule has 0 aliphatic rings. The highest BCUT2D eigenvalue weighted by Crippen LogP contribution is 2.25. The fourth-order valence-electron chi connectivity index (χ4n) is 5.90. The Hall–Kier alpha value is -2.33. The van der Waals surface area contributed by atoms with E-state index in [2.05, 4.69) is 71.3 Å². The van der Waals surface area contributed by atoms with Gasteiger partial charge in [-0.1, -0.05) is 140 Å². The molecule has 0 radical (unpaired) electrons. The fourth-order valence-corrected chi connectivity index (χ4v) is 5.90. The van der Waals surface area contributed by atoms with E-state index in [1.165, 1.54) is 88.2 Å². The number of unbranched alkanes of at least 4 members (excludes halogenated alkanes) is 11. The van der Waals surface area contributed by atoms with Gasteiger partial charge in [0.05, 0.1) is 14.1 Å². The zero-order chi connectivity index (χ0) is 30.5. The maximum atomic E-state index is 13.6. The second-order valence-electron chi connectivity index (χ2n) is 12.7. The van der Waals surface area contributed by atoms with Crippen LogP contribution in [0.3, 0.4) is 0 Å². The number of carbonyl (C=O) groups is 1. The van der Waals surface area contributed by atoms with Gasteiger partial charge in [0, 0.05) is 18.4 Å². The first-order valence-corrected chi connectivity index (χ1v) is 17.2. The summed E-state index contributed by atoms with van der Waals surface area (Å²) in [4.78, 5) is 13.6. The molecule has 0 saturated carbocycles. The van der Waals surface area contributed by atoms with Gasteiger partial charge in [-0.25, -0.2) is 4.79 Å². The second-order valence-corrected chi connectivity index (χ2v) is 12.7. The van der Waals surface area contributed by atoms with Crippen molar-refractivity contribution < 1.29 is 18.8 Å². The number of aryl methyl sites for hydroxylation is 1. The molecule has 0 amide bonds. The first kappa shape index (κ1) is 35.9. The molecule has 4 heteroatoms. The fraction of sp³-hybridized carbons (Fsp3) is 0.658. The van der Waals surface area contributed by atoms with E-state index in [0.717, 1.165) is 38.0 Å². The molecule has 0 bridgehead atoms. The third-order valence-corrected chi connectivity index (χ3v) is 8.41. The highest BCUT2D eigenvalue weighted by atomic mass is 16.7. The van der Waals surface area contributed by atoms with Gasteiger partial charge in [-0.15, -0.1) is 0 Å². The van der Waals surface area contributed by atoms with Crippen molar-refractivity contribution in [3.8, 4) is 5.75 Å². The van der Waals surface area contributed by atoms with Crippen molar-refractivity contribution >= 4 is 5.97 Å². The summed E-state index contributed by atoms with van der Waals surface area (Å²) in [5, 5.41) is 0. The van der Waals surface area contributed by atoms with E-state index in [9.17, 15) is 4.79 Å². The molecule has 0 aromatic heterocycles. The van der Waals surface area contributed by atoms with Gasteiger partial charge in [0.2, 0.25) is 6.29 Å². The van der Waals surface area contributed by atoms with Crippen LogP contribution in [-0.4, -0.2) is 36.9 Å². The summed E-state index contributed by atoms with van der Waals surface area (Å²) < 4.78 is 13.1. The molecule has 2 unspecified atom stereocenters. The Morgan fingerprint density at radius 1 is 0.667 bits per heavy atom. The minimum Gasteiger partial charge on any atom is -0.454 e. The Morgan fingerprint density at radius 2 is 1.21 bits per heavy atom. The number of benzene rings is 2. The van der Waals surface area contributed by atoms with Gasteiger partial charge in [-0.05, 0) is 37.3 Å². The van der Waals surface area contributed by atoms with Crippen LogP contribution in [0.4, 0.5) is 0 Å². The largest absolute Gasteiger partial charge is 0.454 e. The molecule has 2 atom stereocenters. The van der Waals surface area contributed by atoms with Crippen LogP contribution in [0.2, 0.25) is 0 Å². The van der Waals surface area contributed by atoms with Gasteiger partial charge in [0.1, 0.15) is 12.3 Å². The maximum Gasteiger partial charge on any atom is 0.368 e. The third-order valence-electron chi connectivity index (χ3n) is 8.41. The number of nitrogens with zero attached hydrogens (tertiary/aromatic N) is 1. The maximum absolute atomic E-state index is 13.6. The summed E-state index contributed by atoms with van der Waals surface area (Å²) in [7, 11) is 4.27. The van der Waals surface area contributed by atoms with Crippen molar-refractivity contribution in [3.63, 3.8) is 0 Å². The first-order valence-electron chi connectivity index (χ1n) is 17.2. The van der Waals surface area contributed by atoms with E-state index in [1.54, 1.807) is 0 Å². The summed E-state index contributed by atoms with van der Waals surface area (Å²) in [6, 6.07) is 18.5. The molecule has 2 aromatic carbocycles. The monoisotopic (exact) mass is 580 g/mol. The average Bonchev–Trinajstić information content (AvgIpc) is 2.97. The van der Waals surface area contributed by atoms with Gasteiger partial charge in [-0.3, -0.25) is 0 Å². The predicted octanol–water partition coefficient (Wildman–Crippen LogP) is 10.4. The van der Waals surface area contributed by atoms with Crippen LogP contribution in [-0.2, 0) is 22.5 Å². The van der Waals surface area contributed by atoms with Crippen LogP contribution in [0.15, 0.2) is 54.6 Å². The minimum atomic E-state index is -0.568. The number of likely N-dealkylation sites (N-methyl/N-ethyl adjacent to an activating group) is 1. The number of para-hydroxylation sites is 1. The van der Waals surface area contributed by atoms with Crippen LogP contribution in [0.25, 0.3) is 0 Å². The molecule has 2 rings (SSSR count). The van der Waals surface area contributed by atoms with Crippen LogP contribution >= 0.6 is 0 Å². The number of quaternary nitrogens is 1. The Balaban J connectivity index is 1.86. The van der Waals surface area contributed by atoms with E-state index in [1.807, 2.05) is 18.2 Å². The first-order chi connectivity index (χ1) is 20.4. The number of ether oxygens (including phenoxy) is 2. The van der Waals surface area contributed by atoms with Gasteiger partial charge in [0.15, 0.2) is 6.04 Å². The Labute approximate surface area is 258 Å². The zero-order valence-corrected chi connectivity index (χ0v) is 27.8.